The van der Waals surface area contributed by atoms with E-state index in [1.165, 1.54) is 17.0 Å². The fourth-order valence-corrected chi connectivity index (χ4v) is 2.17. The summed E-state index contributed by atoms with van der Waals surface area (Å²) >= 11 is 5.13. The van der Waals surface area contributed by atoms with Crippen molar-refractivity contribution in [2.24, 2.45) is 5.10 Å². The van der Waals surface area contributed by atoms with Gasteiger partial charge in [-0.15, -0.1) is 0 Å². The van der Waals surface area contributed by atoms with Crippen molar-refractivity contribution >= 4 is 23.5 Å². The molecule has 0 spiro atoms. The Bertz CT molecular complexity index is 474. The molecule has 5 nitrogen and oxygen atoms in total. The monoisotopic (exact) mass is 311 g/mol. The highest BCUT2D eigenvalue weighted by atomic mass is 32.1. The fourth-order valence-electron chi connectivity index (χ4n) is 2.02. The number of hydrogen-bond donors (Lipinski definition) is 3. The zero-order chi connectivity index (χ0) is 14.9. The highest BCUT2D eigenvalue weighted by Crippen LogP contribution is 1.99. The molecule has 1 aromatic carbocycles. The van der Waals surface area contributed by atoms with E-state index in [2.05, 4.69) is 15.8 Å². The second kappa shape index (κ2) is 8.66. The summed E-state index contributed by atoms with van der Waals surface area (Å²) in [5.74, 6) is -0.261. The Balaban J connectivity index is 1.61. The minimum atomic E-state index is -0.261. The second-order valence-corrected chi connectivity index (χ2v) is 5.20. The molecule has 1 fully saturated rings. The smallest absolute Gasteiger partial charge is 0.187 e. The van der Waals surface area contributed by atoms with E-state index >= 15 is 0 Å². The number of hydrogen-bond acceptors (Lipinski definition) is 3. The van der Waals surface area contributed by atoms with E-state index in [4.69, 9.17) is 17.0 Å². The molecule has 7 heteroatoms. The normalized spacial score (nSPS) is 16.0. The Morgan fingerprint density at radius 1 is 1.33 bits per heavy atom. The maximum Gasteiger partial charge on any atom is 0.187 e. The highest BCUT2D eigenvalue weighted by molar-refractivity contribution is 7.80. The van der Waals surface area contributed by atoms with Crippen molar-refractivity contribution in [1.82, 2.24) is 10.7 Å². The molecule has 0 aliphatic carbocycles. The molecular weight excluding hydrogens is 291 g/mol. The zero-order valence-corrected chi connectivity index (χ0v) is 12.6. The van der Waals surface area contributed by atoms with Crippen molar-refractivity contribution in [2.45, 2.75) is 0 Å². The van der Waals surface area contributed by atoms with E-state index in [0.29, 0.717) is 5.11 Å². The van der Waals surface area contributed by atoms with Gasteiger partial charge in [0.25, 0.3) is 0 Å². The molecule has 1 aliphatic rings. The summed E-state index contributed by atoms with van der Waals surface area (Å²) in [5.41, 5.74) is 3.56. The van der Waals surface area contributed by atoms with Gasteiger partial charge in [-0.1, -0.05) is 12.1 Å². The first-order chi connectivity index (χ1) is 10.2. The summed E-state index contributed by atoms with van der Waals surface area (Å²) in [4.78, 5) is 1.52. The first-order valence-electron chi connectivity index (χ1n) is 6.98. The van der Waals surface area contributed by atoms with Crippen LogP contribution in [0.15, 0.2) is 29.4 Å². The van der Waals surface area contributed by atoms with Crippen LogP contribution in [-0.4, -0.2) is 50.7 Å². The van der Waals surface area contributed by atoms with Crippen LogP contribution in [0.2, 0.25) is 0 Å². The molecule has 1 heterocycles. The Hall–Kier alpha value is -1.57. The predicted octanol–water partition coefficient (Wildman–Crippen LogP) is -0.461. The van der Waals surface area contributed by atoms with Crippen LogP contribution < -0.4 is 15.6 Å². The summed E-state index contributed by atoms with van der Waals surface area (Å²) in [7, 11) is 0. The second-order valence-electron chi connectivity index (χ2n) is 4.79. The van der Waals surface area contributed by atoms with E-state index in [1.807, 2.05) is 0 Å². The summed E-state index contributed by atoms with van der Waals surface area (Å²) in [6, 6.07) is 6.09. The first-order valence-corrected chi connectivity index (χ1v) is 7.38. The number of rotatable bonds is 5. The van der Waals surface area contributed by atoms with Crippen molar-refractivity contribution < 1.29 is 14.0 Å². The van der Waals surface area contributed by atoms with Gasteiger partial charge in [-0.25, -0.2) is 4.39 Å². The van der Waals surface area contributed by atoms with Gasteiger partial charge in [-0.3, -0.25) is 5.43 Å². The molecule has 0 bridgehead atoms. The lowest BCUT2D eigenvalue weighted by Gasteiger charge is -2.23. The summed E-state index contributed by atoms with van der Waals surface area (Å²) < 4.78 is 18.0. The van der Waals surface area contributed by atoms with Crippen LogP contribution in [-0.2, 0) is 4.74 Å². The Kier molecular flexibility index (Phi) is 6.52. The topological polar surface area (TPSA) is 50.1 Å². The average molecular weight is 311 g/mol. The van der Waals surface area contributed by atoms with Crippen molar-refractivity contribution in [3.63, 3.8) is 0 Å². The molecule has 3 N–H and O–H groups in total. The number of hydrazone groups is 1. The number of quaternary nitrogens is 1. The van der Waals surface area contributed by atoms with Gasteiger partial charge < -0.3 is 15.0 Å². The van der Waals surface area contributed by atoms with Crippen molar-refractivity contribution in [3.05, 3.63) is 35.6 Å². The lowest BCUT2D eigenvalue weighted by Crippen LogP contribution is -3.14. The number of thiocarbonyl (C=S) groups is 1. The van der Waals surface area contributed by atoms with Crippen molar-refractivity contribution in [1.29, 1.82) is 0 Å². The van der Waals surface area contributed by atoms with Crippen LogP contribution in [0.25, 0.3) is 0 Å². The van der Waals surface area contributed by atoms with Gasteiger partial charge >= 0.3 is 0 Å². The third-order valence-electron chi connectivity index (χ3n) is 3.21. The molecule has 0 amide bonds. The number of halogens is 1. The number of nitrogens with one attached hydrogen (secondary N) is 3. The minimum Gasteiger partial charge on any atom is -0.370 e. The number of morpholine rings is 1. The summed E-state index contributed by atoms with van der Waals surface area (Å²) in [5, 5.41) is 7.61. The van der Waals surface area contributed by atoms with E-state index in [-0.39, 0.29) is 5.82 Å². The predicted molar refractivity (Wildman–Crippen MR) is 84.1 cm³/mol. The standard InChI is InChI=1S/C14H19FN4OS/c15-13-3-1-12(2-4-13)11-17-18-14(21)16-5-6-19-7-9-20-10-8-19/h1-4,11H,5-10H2,(H2,16,18,21)/p+1/b17-11-. The highest BCUT2D eigenvalue weighted by Gasteiger charge is 2.12. The van der Waals surface area contributed by atoms with E-state index in [1.54, 1.807) is 18.3 Å². The van der Waals surface area contributed by atoms with Crippen LogP contribution >= 0.6 is 12.2 Å². The number of nitrogens with zero attached hydrogens (tertiary/aromatic N) is 1. The van der Waals surface area contributed by atoms with E-state index in [0.717, 1.165) is 45.0 Å². The van der Waals surface area contributed by atoms with Gasteiger partial charge in [-0.2, -0.15) is 5.10 Å². The largest absolute Gasteiger partial charge is 0.370 e. The van der Waals surface area contributed by atoms with Gasteiger partial charge in [0.15, 0.2) is 5.11 Å². The van der Waals surface area contributed by atoms with Crippen LogP contribution in [0, 0.1) is 5.82 Å². The molecule has 21 heavy (non-hydrogen) atoms. The van der Waals surface area contributed by atoms with Crippen LogP contribution in [0.1, 0.15) is 5.56 Å². The molecule has 2 rings (SSSR count). The minimum absolute atomic E-state index is 0.261. The molecule has 0 radical (unpaired) electrons. The molecule has 1 aliphatic heterocycles. The SMILES string of the molecule is Fc1ccc(/C=N\NC(=S)NCC[NH+]2CCOCC2)cc1. The Labute approximate surface area is 129 Å². The summed E-state index contributed by atoms with van der Waals surface area (Å²) in [6.45, 7) is 5.56. The van der Waals surface area contributed by atoms with Gasteiger partial charge in [0.2, 0.25) is 0 Å². The molecule has 0 atom stereocenters. The van der Waals surface area contributed by atoms with Crippen LogP contribution in [0.4, 0.5) is 4.39 Å². The third kappa shape index (κ3) is 6.16. The van der Waals surface area contributed by atoms with Crippen LogP contribution in [0.3, 0.4) is 0 Å². The molecular formula is C14H20FN4OS+. The van der Waals surface area contributed by atoms with E-state index < -0.39 is 0 Å². The number of benzene rings is 1. The Morgan fingerprint density at radius 3 is 2.76 bits per heavy atom. The van der Waals surface area contributed by atoms with Gasteiger partial charge in [0, 0.05) is 0 Å². The lowest BCUT2D eigenvalue weighted by atomic mass is 10.2. The van der Waals surface area contributed by atoms with Gasteiger partial charge in [0.05, 0.1) is 32.5 Å². The Morgan fingerprint density at radius 2 is 2.05 bits per heavy atom. The van der Waals surface area contributed by atoms with Gasteiger partial charge in [-0.05, 0) is 29.9 Å². The van der Waals surface area contributed by atoms with Crippen LogP contribution in [0.5, 0.6) is 0 Å². The maximum atomic E-state index is 12.7. The molecule has 0 aromatic heterocycles. The molecule has 1 aromatic rings. The van der Waals surface area contributed by atoms with Gasteiger partial charge in [0.1, 0.15) is 18.9 Å². The first kappa shape index (κ1) is 15.8. The molecule has 0 unspecified atom stereocenters. The third-order valence-corrected chi connectivity index (χ3v) is 3.45. The van der Waals surface area contributed by atoms with E-state index in [9.17, 15) is 4.39 Å². The average Bonchev–Trinajstić information content (AvgIpc) is 2.50. The number of ether oxygens (including phenoxy) is 1. The lowest BCUT2D eigenvalue weighted by molar-refractivity contribution is -0.906. The fraction of sp³-hybridized carbons (Fsp3) is 0.429. The summed E-state index contributed by atoms with van der Waals surface area (Å²) in [6.07, 6.45) is 1.60. The molecule has 1 saturated heterocycles. The quantitative estimate of drug-likeness (QED) is 0.391. The zero-order valence-electron chi connectivity index (χ0n) is 11.8. The van der Waals surface area contributed by atoms with Crippen molar-refractivity contribution in [2.75, 3.05) is 39.4 Å². The van der Waals surface area contributed by atoms with Crippen molar-refractivity contribution in [3.8, 4) is 0 Å². The molecule has 0 saturated carbocycles. The maximum absolute atomic E-state index is 12.7. The molecule has 114 valence electrons.